The number of anilines is 2. The molecule has 5 nitrogen and oxygen atoms in total. The highest BCUT2D eigenvalue weighted by atomic mass is 32.1. The van der Waals surface area contributed by atoms with Crippen LogP contribution in [0.3, 0.4) is 0 Å². The van der Waals surface area contributed by atoms with Gasteiger partial charge in [-0.05, 0) is 49.8 Å². The molecule has 1 amide bonds. The van der Waals surface area contributed by atoms with Gasteiger partial charge in [-0.3, -0.25) is 4.79 Å². The monoisotopic (exact) mass is 353 g/mol. The number of nitrogens with zero attached hydrogens (tertiary/aromatic N) is 1. The molecule has 0 heterocycles. The third-order valence-corrected chi connectivity index (χ3v) is 3.57. The number of rotatable bonds is 4. The molecule has 0 saturated carbocycles. The standard InChI is InChI=1S/C19H19N3O2S/c1-13-8-6-7-11-17(13)22-18(24)16(14(2)23)12-20-19(25)21-15-9-4-3-5-10-15/h3-12,23H,1-2H3,(H,21,25)(H,22,24)/b16-14+,20-12+. The van der Waals surface area contributed by atoms with Crippen molar-refractivity contribution in [3.05, 3.63) is 71.5 Å². The maximum atomic E-state index is 12.4. The molecule has 0 bridgehead atoms. The van der Waals surface area contributed by atoms with Gasteiger partial charge in [0, 0.05) is 17.6 Å². The second-order valence-electron chi connectivity index (χ2n) is 5.32. The van der Waals surface area contributed by atoms with Crippen LogP contribution in [0.2, 0.25) is 0 Å². The van der Waals surface area contributed by atoms with Gasteiger partial charge in [-0.2, -0.15) is 0 Å². The van der Waals surface area contributed by atoms with Crippen LogP contribution in [-0.4, -0.2) is 22.3 Å². The summed E-state index contributed by atoms with van der Waals surface area (Å²) >= 11 is 5.13. The van der Waals surface area contributed by atoms with Gasteiger partial charge in [-0.15, -0.1) is 0 Å². The second-order valence-corrected chi connectivity index (χ2v) is 5.71. The number of hydrogen-bond acceptors (Lipinski definition) is 3. The van der Waals surface area contributed by atoms with Crippen LogP contribution >= 0.6 is 12.2 Å². The minimum Gasteiger partial charge on any atom is -0.512 e. The van der Waals surface area contributed by atoms with Gasteiger partial charge in [-0.25, -0.2) is 4.99 Å². The molecule has 0 fully saturated rings. The summed E-state index contributed by atoms with van der Waals surface area (Å²) in [5, 5.41) is 15.7. The van der Waals surface area contributed by atoms with E-state index in [2.05, 4.69) is 15.6 Å². The zero-order valence-electron chi connectivity index (χ0n) is 14.0. The first-order valence-corrected chi connectivity index (χ1v) is 8.05. The minimum atomic E-state index is -0.458. The summed E-state index contributed by atoms with van der Waals surface area (Å²) in [5.74, 6) is -0.599. The van der Waals surface area contributed by atoms with Crippen LogP contribution in [0, 0.1) is 6.92 Å². The van der Waals surface area contributed by atoms with Crippen LogP contribution < -0.4 is 10.6 Å². The summed E-state index contributed by atoms with van der Waals surface area (Å²) in [5.41, 5.74) is 2.43. The summed E-state index contributed by atoms with van der Waals surface area (Å²) in [6.45, 7) is 3.31. The lowest BCUT2D eigenvalue weighted by Gasteiger charge is -2.09. The molecule has 6 heteroatoms. The van der Waals surface area contributed by atoms with Crippen LogP contribution in [0.25, 0.3) is 0 Å². The average Bonchev–Trinajstić information content (AvgIpc) is 2.57. The highest BCUT2D eigenvalue weighted by Crippen LogP contribution is 2.14. The number of hydrogen-bond donors (Lipinski definition) is 3. The fourth-order valence-corrected chi connectivity index (χ4v) is 2.19. The highest BCUT2D eigenvalue weighted by molar-refractivity contribution is 7.80. The number of amides is 1. The molecule has 0 radical (unpaired) electrons. The molecule has 0 aliphatic rings. The maximum Gasteiger partial charge on any atom is 0.260 e. The van der Waals surface area contributed by atoms with Gasteiger partial charge >= 0.3 is 0 Å². The first-order valence-electron chi connectivity index (χ1n) is 7.64. The normalized spacial score (nSPS) is 11.8. The number of nitrogens with one attached hydrogen (secondary N) is 2. The number of benzene rings is 2. The third-order valence-electron chi connectivity index (χ3n) is 3.36. The van der Waals surface area contributed by atoms with Gasteiger partial charge in [0.2, 0.25) is 0 Å². The van der Waals surface area contributed by atoms with Crippen LogP contribution in [0.5, 0.6) is 0 Å². The Bertz CT molecular complexity index is 826. The van der Waals surface area contributed by atoms with Gasteiger partial charge in [0.1, 0.15) is 5.76 Å². The average molecular weight is 353 g/mol. The van der Waals surface area contributed by atoms with Crippen molar-refractivity contribution in [3.63, 3.8) is 0 Å². The Morgan fingerprint density at radius 3 is 2.36 bits per heavy atom. The van der Waals surface area contributed by atoms with Gasteiger partial charge < -0.3 is 15.7 Å². The fraction of sp³-hybridized carbons (Fsp3) is 0.105. The Hall–Kier alpha value is -2.99. The number of allylic oxidation sites excluding steroid dienone is 1. The maximum absolute atomic E-state index is 12.4. The number of para-hydroxylation sites is 2. The van der Waals surface area contributed by atoms with Crippen molar-refractivity contribution in [2.24, 2.45) is 4.99 Å². The van der Waals surface area contributed by atoms with Gasteiger partial charge in [0.25, 0.3) is 5.91 Å². The predicted octanol–water partition coefficient (Wildman–Crippen LogP) is 4.23. The van der Waals surface area contributed by atoms with E-state index in [0.29, 0.717) is 5.69 Å². The van der Waals surface area contributed by atoms with E-state index in [0.717, 1.165) is 11.3 Å². The third kappa shape index (κ3) is 5.54. The molecule has 0 unspecified atom stereocenters. The van der Waals surface area contributed by atoms with Gasteiger partial charge in [0.15, 0.2) is 5.11 Å². The first-order chi connectivity index (χ1) is 12.0. The minimum absolute atomic E-state index is 0.0421. The second kappa shape index (κ2) is 8.75. The molecular weight excluding hydrogens is 334 g/mol. The quantitative estimate of drug-likeness (QED) is 0.333. The van der Waals surface area contributed by atoms with E-state index >= 15 is 0 Å². The molecule has 0 spiro atoms. The summed E-state index contributed by atoms with van der Waals surface area (Å²) < 4.78 is 0. The number of carbonyl (C=O) groups is 1. The largest absolute Gasteiger partial charge is 0.512 e. The number of aryl methyl sites for hydroxylation is 1. The van der Waals surface area contributed by atoms with E-state index in [1.165, 1.54) is 13.1 Å². The van der Waals surface area contributed by atoms with E-state index < -0.39 is 5.91 Å². The zero-order valence-corrected chi connectivity index (χ0v) is 14.8. The molecule has 2 aromatic carbocycles. The van der Waals surface area contributed by atoms with E-state index in [-0.39, 0.29) is 16.4 Å². The Morgan fingerprint density at radius 2 is 1.72 bits per heavy atom. The summed E-state index contributed by atoms with van der Waals surface area (Å²) in [7, 11) is 0. The Labute approximate surface area is 152 Å². The smallest absolute Gasteiger partial charge is 0.260 e. The lowest BCUT2D eigenvalue weighted by molar-refractivity contribution is -0.112. The van der Waals surface area contributed by atoms with Crippen molar-refractivity contribution in [1.29, 1.82) is 0 Å². The molecule has 25 heavy (non-hydrogen) atoms. The Morgan fingerprint density at radius 1 is 1.08 bits per heavy atom. The SMILES string of the molecule is C/C(O)=C(/C=N/C(=S)Nc1ccccc1)C(=O)Nc1ccccc1C. The van der Waals surface area contributed by atoms with Crippen molar-refractivity contribution < 1.29 is 9.90 Å². The zero-order chi connectivity index (χ0) is 18.2. The van der Waals surface area contributed by atoms with E-state index in [4.69, 9.17) is 12.2 Å². The van der Waals surface area contributed by atoms with Crippen LogP contribution in [0.4, 0.5) is 11.4 Å². The van der Waals surface area contributed by atoms with Crippen molar-refractivity contribution in [2.75, 3.05) is 10.6 Å². The Balaban J connectivity index is 2.08. The summed E-state index contributed by atoms with van der Waals surface area (Å²) in [6, 6.07) is 16.7. The van der Waals surface area contributed by atoms with Crippen molar-refractivity contribution in [2.45, 2.75) is 13.8 Å². The summed E-state index contributed by atoms with van der Waals surface area (Å²) in [6.07, 6.45) is 1.25. The summed E-state index contributed by atoms with van der Waals surface area (Å²) in [4.78, 5) is 16.4. The number of aliphatic hydroxyl groups excluding tert-OH is 1. The molecule has 2 rings (SSSR count). The van der Waals surface area contributed by atoms with Crippen molar-refractivity contribution in [3.8, 4) is 0 Å². The number of thiocarbonyl (C=S) groups is 1. The Kier molecular flexibility index (Phi) is 6.42. The first kappa shape index (κ1) is 18.4. The van der Waals surface area contributed by atoms with E-state index in [1.54, 1.807) is 6.07 Å². The van der Waals surface area contributed by atoms with E-state index in [9.17, 15) is 9.90 Å². The van der Waals surface area contributed by atoms with Crippen LogP contribution in [-0.2, 0) is 4.79 Å². The lowest BCUT2D eigenvalue weighted by Crippen LogP contribution is -2.18. The molecule has 0 aromatic heterocycles. The number of carbonyl (C=O) groups excluding carboxylic acids is 1. The number of aliphatic imine (C=N–C) groups is 1. The molecule has 0 atom stereocenters. The van der Waals surface area contributed by atoms with Crippen molar-refractivity contribution >= 4 is 40.8 Å². The van der Waals surface area contributed by atoms with Crippen molar-refractivity contribution in [1.82, 2.24) is 0 Å². The molecular formula is C19H19N3O2S. The number of aliphatic hydroxyl groups is 1. The lowest BCUT2D eigenvalue weighted by atomic mass is 10.2. The molecule has 0 aliphatic carbocycles. The predicted molar refractivity (Wildman–Crippen MR) is 106 cm³/mol. The van der Waals surface area contributed by atoms with E-state index in [1.807, 2.05) is 55.5 Å². The van der Waals surface area contributed by atoms with Crippen LogP contribution in [0.15, 0.2) is 70.9 Å². The molecule has 0 saturated heterocycles. The van der Waals surface area contributed by atoms with Crippen LogP contribution in [0.1, 0.15) is 12.5 Å². The highest BCUT2D eigenvalue weighted by Gasteiger charge is 2.12. The molecule has 3 N–H and O–H groups in total. The molecule has 2 aromatic rings. The molecule has 0 aliphatic heterocycles. The fourth-order valence-electron chi connectivity index (χ4n) is 2.02. The topological polar surface area (TPSA) is 73.7 Å². The van der Waals surface area contributed by atoms with Gasteiger partial charge in [-0.1, -0.05) is 36.4 Å². The van der Waals surface area contributed by atoms with Gasteiger partial charge in [0.05, 0.1) is 5.57 Å². The molecule has 128 valence electrons.